The van der Waals surface area contributed by atoms with Crippen molar-refractivity contribution in [3.63, 3.8) is 0 Å². The van der Waals surface area contributed by atoms with Gasteiger partial charge in [-0.15, -0.1) is 0 Å². The van der Waals surface area contributed by atoms with Crippen LogP contribution in [-0.2, 0) is 27.7 Å². The highest BCUT2D eigenvalue weighted by molar-refractivity contribution is 7.90. The molecule has 42 heavy (non-hydrogen) atoms. The molecule has 2 aliphatic carbocycles. The van der Waals surface area contributed by atoms with Gasteiger partial charge in [0, 0.05) is 41.5 Å². The predicted octanol–water partition coefficient (Wildman–Crippen LogP) is 5.20. The van der Waals surface area contributed by atoms with Crippen LogP contribution in [0.3, 0.4) is 0 Å². The van der Waals surface area contributed by atoms with Gasteiger partial charge in [0.05, 0.1) is 12.0 Å². The molecular weight excluding hydrogens is 554 g/mol. The van der Waals surface area contributed by atoms with Crippen LogP contribution in [0.25, 0.3) is 0 Å². The van der Waals surface area contributed by atoms with Gasteiger partial charge in [-0.2, -0.15) is 0 Å². The summed E-state index contributed by atoms with van der Waals surface area (Å²) in [7, 11) is -2.52. The van der Waals surface area contributed by atoms with Gasteiger partial charge in [0.15, 0.2) is 0 Å². The van der Waals surface area contributed by atoms with Crippen molar-refractivity contribution in [3.05, 3.63) is 95.1 Å². The molecule has 3 unspecified atom stereocenters. The number of nitrogens with one attached hydrogen (secondary N) is 2. The Morgan fingerprint density at radius 3 is 2.60 bits per heavy atom. The number of allylic oxidation sites excluding steroid dienone is 1. The van der Waals surface area contributed by atoms with Crippen molar-refractivity contribution >= 4 is 33.4 Å². The van der Waals surface area contributed by atoms with Crippen LogP contribution in [0.2, 0.25) is 0 Å². The molecule has 3 atom stereocenters. The van der Waals surface area contributed by atoms with Gasteiger partial charge >= 0.3 is 6.09 Å². The molecule has 2 bridgehead atoms. The first-order valence-corrected chi connectivity index (χ1v) is 15.5. The molecule has 3 aromatic carbocycles. The van der Waals surface area contributed by atoms with Crippen molar-refractivity contribution in [1.29, 1.82) is 0 Å². The van der Waals surface area contributed by atoms with E-state index in [0.29, 0.717) is 35.4 Å². The molecule has 6 rings (SSSR count). The molecule has 1 aliphatic heterocycles. The maximum atomic E-state index is 12.9. The third-order valence-corrected chi connectivity index (χ3v) is 9.81. The summed E-state index contributed by atoms with van der Waals surface area (Å²) in [6.07, 6.45) is 6.67. The average Bonchev–Trinajstić information content (AvgIpc) is 3.69. The second-order valence-corrected chi connectivity index (χ2v) is 12.7. The number of carbonyl (C=O) groups is 2. The molecule has 2 amide bonds. The highest BCUT2D eigenvalue weighted by Gasteiger charge is 2.38. The number of nitrogens with zero attached hydrogens (tertiary/aromatic N) is 1. The van der Waals surface area contributed by atoms with Crippen molar-refractivity contribution in [2.45, 2.75) is 43.7 Å². The summed E-state index contributed by atoms with van der Waals surface area (Å²) >= 11 is 0. The number of methoxy groups -OCH3 is 1. The topological polar surface area (TPSA) is 114 Å². The molecule has 1 saturated carbocycles. The lowest BCUT2D eigenvalue weighted by atomic mass is 10.1. The second kappa shape index (κ2) is 11.2. The van der Waals surface area contributed by atoms with Crippen molar-refractivity contribution in [3.8, 4) is 5.75 Å². The van der Waals surface area contributed by atoms with E-state index < -0.39 is 22.0 Å². The van der Waals surface area contributed by atoms with Gasteiger partial charge in [-0.05, 0) is 73.6 Å². The minimum Gasteiger partial charge on any atom is -0.496 e. The first kappa shape index (κ1) is 27.8. The smallest absolute Gasteiger partial charge is 0.411 e. The van der Waals surface area contributed by atoms with E-state index in [2.05, 4.69) is 27.1 Å². The number of hydrogen-bond donors (Lipinski definition) is 2. The van der Waals surface area contributed by atoms with Gasteiger partial charge in [0.2, 0.25) is 0 Å². The number of carbonyl (C=O) groups excluding carboxylic acids is 2. The van der Waals surface area contributed by atoms with Gasteiger partial charge in [0.1, 0.15) is 11.9 Å². The fraction of sp³-hybridized carbons (Fsp3) is 0.312. The van der Waals surface area contributed by atoms with Crippen molar-refractivity contribution in [1.82, 2.24) is 4.72 Å². The van der Waals surface area contributed by atoms with Crippen LogP contribution in [-0.4, -0.2) is 40.2 Å². The predicted molar refractivity (Wildman–Crippen MR) is 159 cm³/mol. The minimum atomic E-state index is -4.03. The van der Waals surface area contributed by atoms with Gasteiger partial charge < -0.3 is 14.4 Å². The van der Waals surface area contributed by atoms with Crippen molar-refractivity contribution in [2.75, 3.05) is 23.9 Å². The molecule has 3 aromatic rings. The Morgan fingerprint density at radius 1 is 1.02 bits per heavy atom. The molecule has 1 heterocycles. The normalized spacial score (nSPS) is 20.3. The van der Waals surface area contributed by atoms with Crippen LogP contribution in [0.15, 0.2) is 77.7 Å². The molecule has 10 heteroatoms. The Kier molecular flexibility index (Phi) is 7.40. The van der Waals surface area contributed by atoms with E-state index in [0.717, 1.165) is 37.1 Å². The van der Waals surface area contributed by atoms with E-state index in [4.69, 9.17) is 9.47 Å². The van der Waals surface area contributed by atoms with Crippen LogP contribution < -0.4 is 19.7 Å². The third-order valence-electron chi connectivity index (χ3n) is 8.32. The van der Waals surface area contributed by atoms with Crippen LogP contribution in [0.5, 0.6) is 5.75 Å². The van der Waals surface area contributed by atoms with Crippen LogP contribution in [0.1, 0.15) is 39.9 Å². The van der Waals surface area contributed by atoms with E-state index in [1.807, 2.05) is 18.2 Å². The first-order chi connectivity index (χ1) is 20.2. The van der Waals surface area contributed by atoms with E-state index in [9.17, 15) is 18.0 Å². The zero-order chi connectivity index (χ0) is 29.4. The van der Waals surface area contributed by atoms with Crippen molar-refractivity contribution in [2.24, 2.45) is 11.8 Å². The Bertz CT molecular complexity index is 1690. The van der Waals surface area contributed by atoms with E-state index in [1.54, 1.807) is 43.3 Å². The van der Waals surface area contributed by atoms with Crippen LogP contribution >= 0.6 is 0 Å². The van der Waals surface area contributed by atoms with E-state index in [-0.39, 0.29) is 16.6 Å². The first-order valence-electron chi connectivity index (χ1n) is 14.0. The third kappa shape index (κ3) is 5.59. The molecule has 0 radical (unpaired) electrons. The number of fused-ring (bicyclic) bond motifs is 3. The molecule has 0 spiro atoms. The number of aryl methyl sites for hydroxylation is 1. The Balaban J connectivity index is 1.13. The number of hydrogen-bond acceptors (Lipinski definition) is 7. The average molecular weight is 588 g/mol. The molecule has 9 nitrogen and oxygen atoms in total. The van der Waals surface area contributed by atoms with Gasteiger partial charge in [0.25, 0.3) is 15.9 Å². The van der Waals surface area contributed by atoms with Gasteiger partial charge in [-0.25, -0.2) is 17.9 Å². The quantitative estimate of drug-likeness (QED) is 0.348. The summed E-state index contributed by atoms with van der Waals surface area (Å²) in [5.41, 5.74) is 4.40. The standard InChI is InChI=1S/C32H33N3O6S/c1-20-5-3-4-6-30(20)42(38,39)34-31(36)24-9-10-25(28(17-24)40-2)19-35-14-13-22-11-12-26(18-27(22)35)33-32(37)41-29-16-21-7-8-23(29)15-21/h3-12,17-18,21,23,29H,13-16,19H2,1-2H3,(H,33,37)(H,34,36). The summed E-state index contributed by atoms with van der Waals surface area (Å²) < 4.78 is 39.1. The number of amides is 2. The highest BCUT2D eigenvalue weighted by atomic mass is 32.2. The second-order valence-electron chi connectivity index (χ2n) is 11.1. The number of rotatable bonds is 8. The number of anilines is 2. The largest absolute Gasteiger partial charge is 0.496 e. The summed E-state index contributed by atoms with van der Waals surface area (Å²) in [6.45, 7) is 2.96. The number of ether oxygens (including phenoxy) is 2. The maximum absolute atomic E-state index is 12.9. The van der Waals surface area contributed by atoms with Crippen molar-refractivity contribution < 1.29 is 27.5 Å². The Labute approximate surface area is 245 Å². The summed E-state index contributed by atoms with van der Waals surface area (Å²) in [4.78, 5) is 27.8. The highest BCUT2D eigenvalue weighted by Crippen LogP contribution is 2.41. The monoisotopic (exact) mass is 587 g/mol. The number of sulfonamides is 1. The lowest BCUT2D eigenvalue weighted by Gasteiger charge is -2.22. The molecule has 3 aliphatic rings. The summed E-state index contributed by atoms with van der Waals surface area (Å²) in [6, 6.07) is 17.3. The SMILES string of the molecule is COc1cc(C(=O)NS(=O)(=O)c2ccccc2C)ccc1CN1CCc2ccc(NC(=O)OC3CC4C=CC3C4)cc21. The zero-order valence-corrected chi connectivity index (χ0v) is 24.3. The molecule has 0 aromatic heterocycles. The van der Waals surface area contributed by atoms with Crippen LogP contribution in [0, 0.1) is 18.8 Å². The van der Waals surface area contributed by atoms with Crippen LogP contribution in [0.4, 0.5) is 16.2 Å². The fourth-order valence-corrected chi connectivity index (χ4v) is 7.38. The maximum Gasteiger partial charge on any atom is 0.411 e. The molecule has 0 saturated heterocycles. The summed E-state index contributed by atoms with van der Waals surface area (Å²) in [5, 5.41) is 2.89. The number of benzene rings is 3. The lowest BCUT2D eigenvalue weighted by molar-refractivity contribution is 0.0955. The van der Waals surface area contributed by atoms with Gasteiger partial charge in [-0.1, -0.05) is 42.5 Å². The van der Waals surface area contributed by atoms with Gasteiger partial charge in [-0.3, -0.25) is 10.1 Å². The molecule has 218 valence electrons. The van der Waals surface area contributed by atoms with E-state index in [1.165, 1.54) is 18.7 Å². The Morgan fingerprint density at radius 2 is 1.86 bits per heavy atom. The van der Waals surface area contributed by atoms with E-state index >= 15 is 0 Å². The minimum absolute atomic E-state index is 0.0550. The summed E-state index contributed by atoms with van der Waals surface area (Å²) in [5.74, 6) is 0.579. The molecular formula is C32H33N3O6S. The fourth-order valence-electron chi connectivity index (χ4n) is 6.15. The lowest BCUT2D eigenvalue weighted by Crippen LogP contribution is -2.31. The molecule has 2 N–H and O–H groups in total. The zero-order valence-electron chi connectivity index (χ0n) is 23.5. The molecule has 1 fully saturated rings. The Hall–Kier alpha value is -4.31.